The summed E-state index contributed by atoms with van der Waals surface area (Å²) in [5.74, 6) is -0.180. The van der Waals surface area contributed by atoms with Gasteiger partial charge in [-0.1, -0.05) is 17.7 Å². The Labute approximate surface area is 96.9 Å². The van der Waals surface area contributed by atoms with Crippen molar-refractivity contribution in [2.24, 2.45) is 0 Å². The van der Waals surface area contributed by atoms with Crippen LogP contribution in [0.15, 0.2) is 30.6 Å². The van der Waals surface area contributed by atoms with Crippen LogP contribution in [0.5, 0.6) is 11.6 Å². The van der Waals surface area contributed by atoms with E-state index in [0.29, 0.717) is 0 Å². The van der Waals surface area contributed by atoms with Gasteiger partial charge in [0.2, 0.25) is 5.88 Å². The van der Waals surface area contributed by atoms with Crippen molar-refractivity contribution in [3.63, 3.8) is 0 Å². The van der Waals surface area contributed by atoms with Gasteiger partial charge in [0.25, 0.3) is 0 Å². The third kappa shape index (κ3) is 2.46. The SMILES string of the molecule is Cc1ccc(F)c(Oc2cncc(Cl)n2)c1. The second kappa shape index (κ2) is 4.45. The fourth-order valence-electron chi connectivity index (χ4n) is 1.18. The molecule has 2 rings (SSSR count). The lowest BCUT2D eigenvalue weighted by molar-refractivity contribution is 0.425. The van der Waals surface area contributed by atoms with E-state index in [9.17, 15) is 4.39 Å². The molecule has 0 aliphatic heterocycles. The standard InChI is InChI=1S/C11H8ClFN2O/c1-7-2-3-8(13)9(4-7)16-11-6-14-5-10(12)15-11/h2-6H,1H3. The number of aryl methyl sites for hydroxylation is 1. The van der Waals surface area contributed by atoms with Gasteiger partial charge in [-0.3, -0.25) is 4.98 Å². The van der Waals surface area contributed by atoms with E-state index in [1.165, 1.54) is 18.5 Å². The minimum Gasteiger partial charge on any atom is -0.434 e. The first kappa shape index (κ1) is 10.8. The maximum atomic E-state index is 13.3. The summed E-state index contributed by atoms with van der Waals surface area (Å²) in [6.45, 7) is 1.84. The van der Waals surface area contributed by atoms with Crippen molar-refractivity contribution < 1.29 is 9.13 Å². The van der Waals surface area contributed by atoms with Crippen LogP contribution in [0, 0.1) is 12.7 Å². The van der Waals surface area contributed by atoms with Gasteiger partial charge in [0, 0.05) is 0 Å². The minimum atomic E-state index is -0.452. The second-order valence-electron chi connectivity index (χ2n) is 3.22. The predicted octanol–water partition coefficient (Wildman–Crippen LogP) is 3.37. The van der Waals surface area contributed by atoms with E-state index in [1.54, 1.807) is 12.1 Å². The first-order valence-electron chi connectivity index (χ1n) is 4.57. The number of halogens is 2. The van der Waals surface area contributed by atoms with Crippen LogP contribution in [0.1, 0.15) is 5.56 Å². The van der Waals surface area contributed by atoms with Gasteiger partial charge in [-0.15, -0.1) is 0 Å². The Morgan fingerprint density at radius 2 is 2.12 bits per heavy atom. The largest absolute Gasteiger partial charge is 0.434 e. The number of nitrogens with zero attached hydrogens (tertiary/aromatic N) is 2. The molecule has 0 atom stereocenters. The molecule has 16 heavy (non-hydrogen) atoms. The van der Waals surface area contributed by atoms with Crippen molar-refractivity contribution in [3.05, 3.63) is 47.1 Å². The molecular weight excluding hydrogens is 231 g/mol. The molecule has 1 heterocycles. The van der Waals surface area contributed by atoms with E-state index >= 15 is 0 Å². The molecule has 0 aliphatic carbocycles. The van der Waals surface area contributed by atoms with Gasteiger partial charge in [-0.05, 0) is 24.6 Å². The number of hydrogen-bond donors (Lipinski definition) is 0. The molecule has 0 saturated heterocycles. The first-order valence-corrected chi connectivity index (χ1v) is 4.94. The molecule has 0 unspecified atom stereocenters. The predicted molar refractivity (Wildman–Crippen MR) is 58.3 cm³/mol. The number of hydrogen-bond acceptors (Lipinski definition) is 3. The average Bonchev–Trinajstić information content (AvgIpc) is 2.24. The lowest BCUT2D eigenvalue weighted by Crippen LogP contribution is -1.92. The molecule has 0 bridgehead atoms. The number of benzene rings is 1. The van der Waals surface area contributed by atoms with Crippen LogP contribution >= 0.6 is 11.6 Å². The van der Waals surface area contributed by atoms with Crippen molar-refractivity contribution in [3.8, 4) is 11.6 Å². The third-order valence-corrected chi connectivity index (χ3v) is 2.07. The van der Waals surface area contributed by atoms with Crippen LogP contribution < -0.4 is 4.74 Å². The van der Waals surface area contributed by atoms with E-state index in [1.807, 2.05) is 6.92 Å². The van der Waals surface area contributed by atoms with E-state index in [-0.39, 0.29) is 16.8 Å². The molecule has 1 aromatic heterocycles. The zero-order chi connectivity index (χ0) is 11.5. The summed E-state index contributed by atoms with van der Waals surface area (Å²) in [7, 11) is 0. The quantitative estimate of drug-likeness (QED) is 0.805. The molecule has 0 radical (unpaired) electrons. The Kier molecular flexibility index (Phi) is 3.01. The summed E-state index contributed by atoms with van der Waals surface area (Å²) in [6, 6.07) is 4.58. The van der Waals surface area contributed by atoms with Crippen LogP contribution in [0.3, 0.4) is 0 Å². The number of ether oxygens (including phenoxy) is 1. The van der Waals surface area contributed by atoms with Gasteiger partial charge < -0.3 is 4.74 Å². The van der Waals surface area contributed by atoms with Crippen LogP contribution in [0.2, 0.25) is 5.15 Å². The fraction of sp³-hybridized carbons (Fsp3) is 0.0909. The van der Waals surface area contributed by atoms with Gasteiger partial charge in [-0.2, -0.15) is 4.98 Å². The van der Waals surface area contributed by atoms with Crippen LogP contribution in [0.25, 0.3) is 0 Å². The molecule has 0 fully saturated rings. The molecule has 3 nitrogen and oxygen atoms in total. The molecular formula is C11H8ClFN2O. The lowest BCUT2D eigenvalue weighted by atomic mass is 10.2. The molecule has 0 N–H and O–H groups in total. The molecule has 1 aromatic carbocycles. The van der Waals surface area contributed by atoms with Gasteiger partial charge >= 0.3 is 0 Å². The van der Waals surface area contributed by atoms with Crippen LogP contribution in [-0.2, 0) is 0 Å². The molecule has 0 spiro atoms. The maximum absolute atomic E-state index is 13.3. The monoisotopic (exact) mass is 238 g/mol. The highest BCUT2D eigenvalue weighted by molar-refractivity contribution is 6.29. The highest BCUT2D eigenvalue weighted by Gasteiger charge is 2.06. The highest BCUT2D eigenvalue weighted by Crippen LogP contribution is 2.24. The lowest BCUT2D eigenvalue weighted by Gasteiger charge is -2.06. The van der Waals surface area contributed by atoms with E-state index in [0.717, 1.165) is 5.56 Å². The van der Waals surface area contributed by atoms with E-state index < -0.39 is 5.82 Å². The van der Waals surface area contributed by atoms with Gasteiger partial charge in [0.15, 0.2) is 16.7 Å². The van der Waals surface area contributed by atoms with Crippen molar-refractivity contribution in [2.45, 2.75) is 6.92 Å². The van der Waals surface area contributed by atoms with E-state index in [2.05, 4.69) is 9.97 Å². The summed E-state index contributed by atoms with van der Waals surface area (Å²) in [5, 5.41) is 0.200. The average molecular weight is 239 g/mol. The van der Waals surface area contributed by atoms with Crippen LogP contribution in [0.4, 0.5) is 4.39 Å². The summed E-state index contributed by atoms with van der Waals surface area (Å²) in [5.41, 5.74) is 0.895. The smallest absolute Gasteiger partial charge is 0.239 e. The normalized spacial score (nSPS) is 10.2. The molecule has 2 aromatic rings. The van der Waals surface area contributed by atoms with Crippen LogP contribution in [-0.4, -0.2) is 9.97 Å². The summed E-state index contributed by atoms with van der Waals surface area (Å²) < 4.78 is 18.6. The number of aromatic nitrogens is 2. The van der Waals surface area contributed by atoms with Gasteiger partial charge in [-0.25, -0.2) is 4.39 Å². The zero-order valence-electron chi connectivity index (χ0n) is 8.45. The topological polar surface area (TPSA) is 35.0 Å². The van der Waals surface area contributed by atoms with Crippen molar-refractivity contribution in [1.29, 1.82) is 0 Å². The van der Waals surface area contributed by atoms with Crippen molar-refractivity contribution in [1.82, 2.24) is 9.97 Å². The number of rotatable bonds is 2. The highest BCUT2D eigenvalue weighted by atomic mass is 35.5. The first-order chi connectivity index (χ1) is 7.65. The Bertz CT molecular complexity index is 519. The Morgan fingerprint density at radius 1 is 1.31 bits per heavy atom. The molecule has 0 saturated carbocycles. The summed E-state index contributed by atoms with van der Waals surface area (Å²) in [4.78, 5) is 7.64. The summed E-state index contributed by atoms with van der Waals surface area (Å²) in [6.07, 6.45) is 2.74. The minimum absolute atomic E-state index is 0.108. The van der Waals surface area contributed by atoms with Gasteiger partial charge in [0.05, 0.1) is 12.4 Å². The fourth-order valence-corrected chi connectivity index (χ4v) is 1.32. The second-order valence-corrected chi connectivity index (χ2v) is 3.60. The molecule has 0 aliphatic rings. The maximum Gasteiger partial charge on any atom is 0.239 e. The Balaban J connectivity index is 2.30. The van der Waals surface area contributed by atoms with Gasteiger partial charge in [0.1, 0.15) is 0 Å². The summed E-state index contributed by atoms with van der Waals surface area (Å²) >= 11 is 5.63. The van der Waals surface area contributed by atoms with Crippen molar-refractivity contribution in [2.75, 3.05) is 0 Å². The van der Waals surface area contributed by atoms with Crippen molar-refractivity contribution >= 4 is 11.6 Å². The third-order valence-electron chi connectivity index (χ3n) is 1.88. The molecule has 5 heteroatoms. The Morgan fingerprint density at radius 3 is 2.88 bits per heavy atom. The Hall–Kier alpha value is -1.68. The molecule has 82 valence electrons. The zero-order valence-corrected chi connectivity index (χ0v) is 9.20. The van der Waals surface area contributed by atoms with E-state index in [4.69, 9.17) is 16.3 Å². The molecule has 0 amide bonds.